The minimum absolute atomic E-state index is 0.418. The van der Waals surface area contributed by atoms with Gasteiger partial charge >= 0.3 is 0 Å². The van der Waals surface area contributed by atoms with E-state index in [0.717, 1.165) is 11.1 Å². The Morgan fingerprint density at radius 3 is 2.83 bits per heavy atom. The lowest BCUT2D eigenvalue weighted by Gasteiger charge is -1.98. The standard InChI is InChI=1S/C16H12N4O3S/c1-10-5-2-3-6-11(10)15-18-19-16(22-15)24-9-13-17-14(20-23-13)12-7-4-8-21-12/h2-8H,9H2,1H3. The fourth-order valence-corrected chi connectivity index (χ4v) is 2.73. The Labute approximate surface area is 141 Å². The summed E-state index contributed by atoms with van der Waals surface area (Å²) >= 11 is 1.34. The molecule has 3 heterocycles. The van der Waals surface area contributed by atoms with Gasteiger partial charge in [0.15, 0.2) is 5.76 Å². The summed E-state index contributed by atoms with van der Waals surface area (Å²) in [6, 6.07) is 11.4. The second kappa shape index (κ2) is 6.32. The van der Waals surface area contributed by atoms with E-state index in [2.05, 4.69) is 20.3 Å². The molecule has 0 aliphatic heterocycles. The van der Waals surface area contributed by atoms with Gasteiger partial charge in [0.25, 0.3) is 5.22 Å². The van der Waals surface area contributed by atoms with Gasteiger partial charge in [-0.25, -0.2) is 0 Å². The van der Waals surface area contributed by atoms with Gasteiger partial charge in [0, 0.05) is 5.56 Å². The highest BCUT2D eigenvalue weighted by molar-refractivity contribution is 7.98. The van der Waals surface area contributed by atoms with Gasteiger partial charge in [-0.3, -0.25) is 0 Å². The van der Waals surface area contributed by atoms with Crippen LogP contribution in [0.3, 0.4) is 0 Å². The highest BCUT2D eigenvalue weighted by Crippen LogP contribution is 2.27. The molecule has 7 nitrogen and oxygen atoms in total. The van der Waals surface area contributed by atoms with Crippen molar-refractivity contribution in [1.82, 2.24) is 20.3 Å². The number of aryl methyl sites for hydroxylation is 1. The van der Waals surface area contributed by atoms with Crippen molar-refractivity contribution < 1.29 is 13.4 Å². The van der Waals surface area contributed by atoms with Crippen molar-refractivity contribution in [3.63, 3.8) is 0 Å². The molecule has 0 N–H and O–H groups in total. The Bertz CT molecular complexity index is 946. The second-order valence-corrected chi connectivity index (χ2v) is 5.89. The van der Waals surface area contributed by atoms with Gasteiger partial charge in [-0.05, 0) is 30.7 Å². The molecule has 4 rings (SSSR count). The predicted octanol–water partition coefficient (Wildman–Crippen LogP) is 3.98. The van der Waals surface area contributed by atoms with E-state index in [1.807, 2.05) is 31.2 Å². The summed E-state index contributed by atoms with van der Waals surface area (Å²) in [4.78, 5) is 4.26. The Morgan fingerprint density at radius 1 is 1.08 bits per heavy atom. The first-order valence-corrected chi connectivity index (χ1v) is 8.17. The molecular formula is C16H12N4O3S. The number of furan rings is 1. The van der Waals surface area contributed by atoms with Crippen molar-refractivity contribution in [2.75, 3.05) is 0 Å². The summed E-state index contributed by atoms with van der Waals surface area (Å²) in [7, 11) is 0. The van der Waals surface area contributed by atoms with E-state index in [1.165, 1.54) is 11.8 Å². The van der Waals surface area contributed by atoms with Crippen LogP contribution in [0.5, 0.6) is 0 Å². The number of nitrogens with zero attached hydrogens (tertiary/aromatic N) is 4. The molecule has 0 amide bonds. The molecular weight excluding hydrogens is 328 g/mol. The fourth-order valence-electron chi connectivity index (χ4n) is 2.13. The fraction of sp³-hybridized carbons (Fsp3) is 0.125. The van der Waals surface area contributed by atoms with Crippen LogP contribution in [0.2, 0.25) is 0 Å². The molecule has 3 aromatic heterocycles. The average Bonchev–Trinajstić information content (AvgIpc) is 3.34. The molecule has 0 aliphatic carbocycles. The molecule has 0 aliphatic rings. The van der Waals surface area contributed by atoms with E-state index >= 15 is 0 Å². The topological polar surface area (TPSA) is 91.0 Å². The first kappa shape index (κ1) is 14.7. The van der Waals surface area contributed by atoms with E-state index in [-0.39, 0.29) is 0 Å². The highest BCUT2D eigenvalue weighted by atomic mass is 32.2. The summed E-state index contributed by atoms with van der Waals surface area (Å²) in [6.45, 7) is 2.00. The van der Waals surface area contributed by atoms with Crippen molar-refractivity contribution in [3.05, 3.63) is 54.1 Å². The van der Waals surface area contributed by atoms with Crippen molar-refractivity contribution in [2.24, 2.45) is 0 Å². The molecule has 0 atom stereocenters. The van der Waals surface area contributed by atoms with Crippen LogP contribution in [0.4, 0.5) is 0 Å². The number of hydrogen-bond donors (Lipinski definition) is 0. The van der Waals surface area contributed by atoms with E-state index < -0.39 is 0 Å². The first-order chi connectivity index (χ1) is 11.8. The summed E-state index contributed by atoms with van der Waals surface area (Å²) in [5.74, 6) is 2.37. The number of hydrogen-bond acceptors (Lipinski definition) is 8. The van der Waals surface area contributed by atoms with E-state index in [9.17, 15) is 0 Å². The Balaban J connectivity index is 1.45. The Hall–Kier alpha value is -2.87. The predicted molar refractivity (Wildman–Crippen MR) is 86.0 cm³/mol. The quantitative estimate of drug-likeness (QED) is 0.504. The average molecular weight is 340 g/mol. The number of aromatic nitrogens is 4. The molecule has 120 valence electrons. The van der Waals surface area contributed by atoms with Gasteiger partial charge in [-0.15, -0.1) is 10.2 Å². The molecule has 0 radical (unpaired) electrons. The van der Waals surface area contributed by atoms with Gasteiger partial charge in [0.05, 0.1) is 12.0 Å². The minimum Gasteiger partial charge on any atom is -0.461 e. The van der Waals surface area contributed by atoms with Crippen LogP contribution in [0.15, 0.2) is 61.2 Å². The molecule has 0 fully saturated rings. The highest BCUT2D eigenvalue weighted by Gasteiger charge is 2.14. The molecule has 1 aromatic carbocycles. The number of rotatable bonds is 5. The van der Waals surface area contributed by atoms with Gasteiger partial charge in [0.2, 0.25) is 17.6 Å². The number of benzene rings is 1. The van der Waals surface area contributed by atoms with Crippen molar-refractivity contribution in [2.45, 2.75) is 17.9 Å². The summed E-state index contributed by atoms with van der Waals surface area (Å²) < 4.78 is 16.1. The van der Waals surface area contributed by atoms with Crippen LogP contribution < -0.4 is 0 Å². The zero-order valence-electron chi connectivity index (χ0n) is 12.7. The minimum atomic E-state index is 0.418. The maximum atomic E-state index is 5.68. The maximum absolute atomic E-state index is 5.68. The van der Waals surface area contributed by atoms with Crippen LogP contribution in [0, 0.1) is 6.92 Å². The zero-order valence-corrected chi connectivity index (χ0v) is 13.5. The summed E-state index contributed by atoms with van der Waals surface area (Å²) in [6.07, 6.45) is 1.56. The SMILES string of the molecule is Cc1ccccc1-c1nnc(SCc2nc(-c3ccco3)no2)o1. The van der Waals surface area contributed by atoms with Crippen LogP contribution >= 0.6 is 11.8 Å². The molecule has 0 spiro atoms. The third-order valence-electron chi connectivity index (χ3n) is 3.31. The normalized spacial score (nSPS) is 11.0. The van der Waals surface area contributed by atoms with Crippen molar-refractivity contribution >= 4 is 11.8 Å². The van der Waals surface area contributed by atoms with Crippen LogP contribution in [-0.2, 0) is 5.75 Å². The molecule has 0 saturated carbocycles. The van der Waals surface area contributed by atoms with Gasteiger partial charge in [-0.1, -0.05) is 35.1 Å². The third kappa shape index (κ3) is 2.95. The first-order valence-electron chi connectivity index (χ1n) is 7.18. The molecule has 0 saturated heterocycles. The molecule has 24 heavy (non-hydrogen) atoms. The largest absolute Gasteiger partial charge is 0.461 e. The second-order valence-electron chi connectivity index (χ2n) is 4.97. The van der Waals surface area contributed by atoms with E-state index in [4.69, 9.17) is 13.4 Å². The van der Waals surface area contributed by atoms with E-state index in [0.29, 0.717) is 34.3 Å². The summed E-state index contributed by atoms with van der Waals surface area (Å²) in [5.41, 5.74) is 2.01. The Morgan fingerprint density at radius 2 is 2.00 bits per heavy atom. The maximum Gasteiger partial charge on any atom is 0.277 e. The lowest BCUT2D eigenvalue weighted by molar-refractivity contribution is 0.389. The lowest BCUT2D eigenvalue weighted by atomic mass is 10.1. The summed E-state index contributed by atoms with van der Waals surface area (Å²) in [5, 5.41) is 12.5. The molecule has 0 bridgehead atoms. The lowest BCUT2D eigenvalue weighted by Crippen LogP contribution is -1.81. The third-order valence-corrected chi connectivity index (χ3v) is 4.11. The van der Waals surface area contributed by atoms with E-state index in [1.54, 1.807) is 18.4 Å². The van der Waals surface area contributed by atoms with Crippen LogP contribution in [0.25, 0.3) is 23.0 Å². The van der Waals surface area contributed by atoms with Crippen LogP contribution in [-0.4, -0.2) is 20.3 Å². The van der Waals surface area contributed by atoms with Gasteiger partial charge in [-0.2, -0.15) is 4.98 Å². The smallest absolute Gasteiger partial charge is 0.277 e. The van der Waals surface area contributed by atoms with Crippen LogP contribution in [0.1, 0.15) is 11.5 Å². The van der Waals surface area contributed by atoms with Gasteiger partial charge in [0.1, 0.15) is 0 Å². The zero-order chi connectivity index (χ0) is 16.4. The Kier molecular flexibility index (Phi) is 3.87. The molecule has 8 heteroatoms. The van der Waals surface area contributed by atoms with Crippen molar-refractivity contribution in [3.8, 4) is 23.0 Å². The van der Waals surface area contributed by atoms with Crippen molar-refractivity contribution in [1.29, 1.82) is 0 Å². The monoisotopic (exact) mass is 340 g/mol. The molecule has 4 aromatic rings. The number of thioether (sulfide) groups is 1. The van der Waals surface area contributed by atoms with Gasteiger partial charge < -0.3 is 13.4 Å². The molecule has 0 unspecified atom stereocenters.